The Bertz CT molecular complexity index is 1200. The molecule has 0 spiro atoms. The number of nitrogens with one attached hydrogen (secondary N) is 1. The molecule has 0 saturated carbocycles. The third-order valence-corrected chi connectivity index (χ3v) is 7.22. The lowest BCUT2D eigenvalue weighted by Gasteiger charge is -2.36. The first kappa shape index (κ1) is 26.9. The summed E-state index contributed by atoms with van der Waals surface area (Å²) >= 11 is 1.62. The molecule has 2 aromatic carbocycles. The van der Waals surface area contributed by atoms with Crippen LogP contribution in [0.4, 0.5) is 5.69 Å². The largest absolute Gasteiger partial charge is 0.481 e. The predicted octanol–water partition coefficient (Wildman–Crippen LogP) is 4.44. The van der Waals surface area contributed by atoms with Crippen LogP contribution in [0.15, 0.2) is 66.1 Å². The minimum absolute atomic E-state index is 0.0186. The topological polar surface area (TPSA) is 123 Å². The van der Waals surface area contributed by atoms with Gasteiger partial charge in [0, 0.05) is 55.7 Å². The van der Waals surface area contributed by atoms with Crippen LogP contribution in [0.25, 0.3) is 0 Å². The van der Waals surface area contributed by atoms with E-state index in [9.17, 15) is 14.7 Å². The number of aryl methyl sites for hydroxylation is 1. The van der Waals surface area contributed by atoms with Gasteiger partial charge in [-0.2, -0.15) is 0 Å². The second-order valence-corrected chi connectivity index (χ2v) is 9.89. The minimum atomic E-state index is -0.919. The van der Waals surface area contributed by atoms with Gasteiger partial charge in [-0.05, 0) is 29.7 Å². The maximum atomic E-state index is 12.3. The fraction of sp³-hybridized carbons (Fsp3) is 0.370. The van der Waals surface area contributed by atoms with Gasteiger partial charge >= 0.3 is 5.97 Å². The molecule has 0 aliphatic carbocycles. The first-order valence-corrected chi connectivity index (χ1v) is 13.1. The molecule has 2 heterocycles. The Kier molecular flexibility index (Phi) is 9.34. The Balaban J connectivity index is 1.48. The van der Waals surface area contributed by atoms with Crippen molar-refractivity contribution in [2.75, 3.05) is 11.1 Å². The van der Waals surface area contributed by atoms with Crippen molar-refractivity contribution in [2.45, 2.75) is 55.9 Å². The third kappa shape index (κ3) is 7.65. The van der Waals surface area contributed by atoms with E-state index in [1.807, 2.05) is 60.3 Å². The number of aliphatic hydroxyl groups is 1. The second kappa shape index (κ2) is 12.9. The summed E-state index contributed by atoms with van der Waals surface area (Å²) < 4.78 is 14.7. The van der Waals surface area contributed by atoms with Crippen LogP contribution in [0, 0.1) is 0 Å². The van der Waals surface area contributed by atoms with Crippen LogP contribution in [0.1, 0.15) is 54.8 Å². The van der Waals surface area contributed by atoms with Crippen molar-refractivity contribution in [3.05, 3.63) is 77.6 Å². The number of aliphatic carboxylic acids is 1. The average Bonchev–Trinajstić information content (AvgIpc) is 3.31. The summed E-state index contributed by atoms with van der Waals surface area (Å²) in [7, 11) is 1.95. The minimum Gasteiger partial charge on any atom is -0.481 e. The van der Waals surface area contributed by atoms with Crippen LogP contribution in [0.2, 0.25) is 0 Å². The van der Waals surface area contributed by atoms with E-state index in [1.165, 1.54) is 0 Å². The summed E-state index contributed by atoms with van der Waals surface area (Å²) in [5.41, 5.74) is 3.20. The van der Waals surface area contributed by atoms with Crippen LogP contribution in [-0.4, -0.2) is 43.5 Å². The number of benzene rings is 2. The number of rotatable bonds is 11. The van der Waals surface area contributed by atoms with Crippen LogP contribution in [-0.2, 0) is 32.7 Å². The molecule has 1 saturated heterocycles. The maximum absolute atomic E-state index is 12.3. The summed E-state index contributed by atoms with van der Waals surface area (Å²) in [5.74, 6) is -0.469. The Hall–Kier alpha value is -3.18. The maximum Gasteiger partial charge on any atom is 0.303 e. The highest BCUT2D eigenvalue weighted by Gasteiger charge is 2.32. The lowest BCUT2D eigenvalue weighted by atomic mass is 10.0. The number of anilines is 1. The summed E-state index contributed by atoms with van der Waals surface area (Å²) in [4.78, 5) is 27.3. The van der Waals surface area contributed by atoms with Gasteiger partial charge in [-0.25, -0.2) is 4.98 Å². The molecule has 3 N–H and O–H groups in total. The fourth-order valence-corrected chi connectivity index (χ4v) is 5.02. The Morgan fingerprint density at radius 3 is 2.65 bits per heavy atom. The Labute approximate surface area is 219 Å². The van der Waals surface area contributed by atoms with Crippen molar-refractivity contribution in [3.8, 4) is 0 Å². The number of nitrogens with zero attached hydrogens (tertiary/aromatic N) is 2. The molecule has 10 heteroatoms. The zero-order chi connectivity index (χ0) is 26.2. The van der Waals surface area contributed by atoms with Gasteiger partial charge in [0.25, 0.3) is 0 Å². The normalized spacial score (nSPS) is 19.5. The van der Waals surface area contributed by atoms with Gasteiger partial charge in [0.1, 0.15) is 0 Å². The molecule has 0 unspecified atom stereocenters. The van der Waals surface area contributed by atoms with E-state index in [0.29, 0.717) is 17.9 Å². The molecule has 1 aromatic heterocycles. The van der Waals surface area contributed by atoms with E-state index in [0.717, 1.165) is 21.8 Å². The monoisotopic (exact) mass is 525 g/mol. The van der Waals surface area contributed by atoms with Crippen molar-refractivity contribution >= 4 is 29.3 Å². The van der Waals surface area contributed by atoms with Gasteiger partial charge < -0.3 is 29.6 Å². The summed E-state index contributed by atoms with van der Waals surface area (Å²) in [6.45, 7) is -0.0186. The first-order chi connectivity index (χ1) is 17.9. The lowest BCUT2D eigenvalue weighted by molar-refractivity contribution is -0.245. The summed E-state index contributed by atoms with van der Waals surface area (Å²) in [5, 5.41) is 21.9. The summed E-state index contributed by atoms with van der Waals surface area (Å²) in [6.07, 6.45) is 3.72. The van der Waals surface area contributed by atoms with Gasteiger partial charge in [-0.3, -0.25) is 9.59 Å². The Morgan fingerprint density at radius 2 is 1.95 bits per heavy atom. The lowest BCUT2D eigenvalue weighted by Crippen LogP contribution is -2.31. The highest BCUT2D eigenvalue weighted by molar-refractivity contribution is 7.99. The van der Waals surface area contributed by atoms with Crippen molar-refractivity contribution in [1.82, 2.24) is 9.55 Å². The van der Waals surface area contributed by atoms with Crippen LogP contribution < -0.4 is 5.32 Å². The molecule has 0 radical (unpaired) electrons. The van der Waals surface area contributed by atoms with E-state index in [2.05, 4.69) is 10.3 Å². The first-order valence-electron chi connectivity index (χ1n) is 12.1. The molecule has 0 bridgehead atoms. The highest BCUT2D eigenvalue weighted by atomic mass is 32.2. The van der Waals surface area contributed by atoms with Crippen LogP contribution >= 0.6 is 11.8 Å². The predicted molar refractivity (Wildman–Crippen MR) is 139 cm³/mol. The number of carboxylic acids is 1. The number of carbonyl (C=O) groups excluding carboxylic acids is 1. The Morgan fingerprint density at radius 1 is 1.14 bits per heavy atom. The molecule has 37 heavy (non-hydrogen) atoms. The van der Waals surface area contributed by atoms with Crippen LogP contribution in [0.5, 0.6) is 0 Å². The van der Waals surface area contributed by atoms with E-state index in [-0.39, 0.29) is 44.0 Å². The fourth-order valence-electron chi connectivity index (χ4n) is 4.07. The van der Waals surface area contributed by atoms with E-state index >= 15 is 0 Å². The molecule has 196 valence electrons. The van der Waals surface area contributed by atoms with Crippen molar-refractivity contribution in [3.63, 3.8) is 0 Å². The number of hydrogen-bond donors (Lipinski definition) is 3. The average molecular weight is 526 g/mol. The number of carbonyl (C=O) groups is 2. The molecule has 1 aliphatic rings. The number of thioether (sulfide) groups is 1. The zero-order valence-electron chi connectivity index (χ0n) is 20.6. The van der Waals surface area contributed by atoms with E-state index in [1.54, 1.807) is 24.0 Å². The number of amides is 1. The smallest absolute Gasteiger partial charge is 0.303 e. The quantitative estimate of drug-likeness (QED) is 0.314. The van der Waals surface area contributed by atoms with Gasteiger partial charge in [0.2, 0.25) is 5.91 Å². The number of ether oxygens (including phenoxy) is 2. The molecule has 3 atom stereocenters. The van der Waals surface area contributed by atoms with Crippen molar-refractivity contribution in [1.29, 1.82) is 0 Å². The highest BCUT2D eigenvalue weighted by Crippen LogP contribution is 2.39. The molecular formula is C27H31N3O6S. The number of carboxylic acid groups (broad SMARTS) is 1. The molecule has 1 fully saturated rings. The second-order valence-electron chi connectivity index (χ2n) is 8.90. The number of aliphatic hydroxyl groups excluding tert-OH is 1. The van der Waals surface area contributed by atoms with Gasteiger partial charge in [0.05, 0.1) is 18.8 Å². The number of hydrogen-bond acceptors (Lipinski definition) is 7. The van der Waals surface area contributed by atoms with Gasteiger partial charge in [0.15, 0.2) is 11.4 Å². The molecule has 1 amide bonds. The SMILES string of the molecule is Cn1ccnc1SC[C@H]1C[C@@H](c2ccc(CO)cc2)O[C@@H](c2cccc(NC(=O)CCCC(=O)O)c2)O1. The van der Waals surface area contributed by atoms with Gasteiger partial charge in [-0.1, -0.05) is 48.2 Å². The molecule has 4 rings (SSSR count). The molecular weight excluding hydrogens is 494 g/mol. The number of imidazole rings is 1. The van der Waals surface area contributed by atoms with Crippen LogP contribution in [0.3, 0.4) is 0 Å². The molecule has 1 aliphatic heterocycles. The molecule has 9 nitrogen and oxygen atoms in total. The standard InChI is InChI=1S/C27H31N3O6S/c1-30-13-12-28-27(30)37-17-22-15-23(19-10-8-18(16-31)9-11-19)36-26(35-22)20-4-2-5-21(14-20)29-24(32)6-3-7-25(33)34/h2,4-5,8-14,22-23,26,31H,3,6-7,15-17H2,1H3,(H,29,32)(H,33,34)/t22-,23+,26+/m1/s1. The van der Waals surface area contributed by atoms with E-state index < -0.39 is 12.3 Å². The summed E-state index contributed by atoms with van der Waals surface area (Å²) in [6, 6.07) is 15.0. The zero-order valence-corrected chi connectivity index (χ0v) is 21.4. The van der Waals surface area contributed by atoms with Gasteiger partial charge in [-0.15, -0.1) is 0 Å². The van der Waals surface area contributed by atoms with Crippen molar-refractivity contribution < 1.29 is 29.3 Å². The number of aromatic nitrogens is 2. The van der Waals surface area contributed by atoms with Crippen molar-refractivity contribution in [2.24, 2.45) is 7.05 Å². The third-order valence-electron chi connectivity index (χ3n) is 6.03. The molecule has 3 aromatic rings. The van der Waals surface area contributed by atoms with E-state index in [4.69, 9.17) is 14.6 Å².